The second kappa shape index (κ2) is 6.20. The normalized spacial score (nSPS) is 21.2. The van der Waals surface area contributed by atoms with Crippen molar-refractivity contribution >= 4 is 17.2 Å². The van der Waals surface area contributed by atoms with Crippen LogP contribution in [0, 0.1) is 0 Å². The number of carbonyl (C=O) groups is 1. The van der Waals surface area contributed by atoms with E-state index in [-0.39, 0.29) is 17.9 Å². The molecule has 0 unspecified atom stereocenters. The lowest BCUT2D eigenvalue weighted by molar-refractivity contribution is -0.135. The Balaban J connectivity index is 1.71. The van der Waals surface area contributed by atoms with Crippen molar-refractivity contribution in [3.05, 3.63) is 58.6 Å². The van der Waals surface area contributed by atoms with E-state index < -0.39 is 0 Å². The lowest BCUT2D eigenvalue weighted by Gasteiger charge is -2.37. The molecule has 0 spiro atoms. The summed E-state index contributed by atoms with van der Waals surface area (Å²) in [5.74, 6) is 1.37. The van der Waals surface area contributed by atoms with Crippen LogP contribution in [-0.4, -0.2) is 28.0 Å². The highest BCUT2D eigenvalue weighted by Gasteiger charge is 2.38. The number of thiophene rings is 1. The summed E-state index contributed by atoms with van der Waals surface area (Å²) in [5.41, 5.74) is 2.06. The number of likely N-dealkylation sites (tertiary alicyclic amines) is 1. The third-order valence-electron chi connectivity index (χ3n) is 4.54. The topological polar surface area (TPSA) is 59.2 Å². The van der Waals surface area contributed by atoms with Crippen molar-refractivity contribution in [2.45, 2.75) is 24.8 Å². The zero-order chi connectivity index (χ0) is 16.5. The summed E-state index contributed by atoms with van der Waals surface area (Å²) in [5, 5.41) is 8.11. The second-order valence-corrected chi connectivity index (χ2v) is 6.75. The van der Waals surface area contributed by atoms with Crippen molar-refractivity contribution < 1.29 is 9.32 Å². The van der Waals surface area contributed by atoms with Crippen LogP contribution in [0.3, 0.4) is 0 Å². The molecule has 0 radical (unpaired) electrons. The number of benzene rings is 1. The molecule has 0 bridgehead atoms. The first kappa shape index (κ1) is 15.1. The van der Waals surface area contributed by atoms with Crippen LogP contribution < -0.4 is 0 Å². The van der Waals surface area contributed by atoms with Crippen molar-refractivity contribution in [1.29, 1.82) is 0 Å². The fourth-order valence-electron chi connectivity index (χ4n) is 3.30. The van der Waals surface area contributed by atoms with Gasteiger partial charge in [-0.3, -0.25) is 4.79 Å². The van der Waals surface area contributed by atoms with Gasteiger partial charge in [-0.15, -0.1) is 0 Å². The molecular weight excluding hydrogens is 322 g/mol. The number of nitrogens with zero attached hydrogens (tertiary/aromatic N) is 3. The number of hydrogen-bond acceptors (Lipinski definition) is 5. The lowest BCUT2D eigenvalue weighted by atomic mass is 9.84. The summed E-state index contributed by atoms with van der Waals surface area (Å²) in [4.78, 5) is 18.6. The molecule has 3 heterocycles. The van der Waals surface area contributed by atoms with Gasteiger partial charge in [0, 0.05) is 24.4 Å². The number of rotatable bonds is 3. The average Bonchev–Trinajstić information content (AvgIpc) is 3.29. The van der Waals surface area contributed by atoms with Crippen molar-refractivity contribution in [2.75, 3.05) is 7.05 Å². The van der Waals surface area contributed by atoms with Gasteiger partial charge in [0.2, 0.25) is 17.6 Å². The zero-order valence-corrected chi connectivity index (χ0v) is 14.1. The van der Waals surface area contributed by atoms with Gasteiger partial charge in [0.1, 0.15) is 0 Å². The highest BCUT2D eigenvalue weighted by Crippen LogP contribution is 2.42. The number of amides is 1. The van der Waals surface area contributed by atoms with E-state index in [1.165, 1.54) is 0 Å². The largest absolute Gasteiger partial charge is 0.339 e. The van der Waals surface area contributed by atoms with E-state index >= 15 is 0 Å². The molecule has 5 nitrogen and oxygen atoms in total. The van der Waals surface area contributed by atoms with Crippen molar-refractivity contribution in [1.82, 2.24) is 15.0 Å². The molecule has 1 amide bonds. The SMILES string of the molecule is CN1C(=O)CC[C@H](c2nc(-c3ccsc3)no2)[C@H]1c1ccccc1. The number of likely N-dealkylation sites (N-methyl/N-ethyl adjacent to an activating group) is 1. The van der Waals surface area contributed by atoms with Crippen LogP contribution >= 0.6 is 11.3 Å². The third-order valence-corrected chi connectivity index (χ3v) is 5.22. The first-order valence-electron chi connectivity index (χ1n) is 7.91. The van der Waals surface area contributed by atoms with E-state index in [0.29, 0.717) is 24.6 Å². The molecule has 6 heteroatoms. The van der Waals surface area contributed by atoms with E-state index in [1.54, 1.807) is 16.2 Å². The monoisotopic (exact) mass is 339 g/mol. The van der Waals surface area contributed by atoms with Crippen LogP contribution in [0.4, 0.5) is 0 Å². The zero-order valence-electron chi connectivity index (χ0n) is 13.3. The van der Waals surface area contributed by atoms with Gasteiger partial charge in [-0.2, -0.15) is 16.3 Å². The summed E-state index contributed by atoms with van der Waals surface area (Å²) in [7, 11) is 1.85. The van der Waals surface area contributed by atoms with Gasteiger partial charge in [-0.1, -0.05) is 35.5 Å². The molecule has 1 aromatic carbocycles. The maximum atomic E-state index is 12.2. The standard InChI is InChI=1S/C18H17N3O2S/c1-21-15(22)8-7-14(16(21)12-5-3-2-4-6-12)18-19-17(20-23-18)13-9-10-24-11-13/h2-6,9-11,14,16H,7-8H2,1H3/t14-,16+/m0/s1. The fraction of sp³-hybridized carbons (Fsp3) is 0.278. The highest BCUT2D eigenvalue weighted by atomic mass is 32.1. The molecule has 122 valence electrons. The van der Waals surface area contributed by atoms with Gasteiger partial charge in [0.15, 0.2) is 0 Å². The summed E-state index contributed by atoms with van der Waals surface area (Å²) in [6.07, 6.45) is 1.22. The van der Waals surface area contributed by atoms with Gasteiger partial charge >= 0.3 is 0 Å². The lowest BCUT2D eigenvalue weighted by Crippen LogP contribution is -2.39. The minimum Gasteiger partial charge on any atom is -0.339 e. The van der Waals surface area contributed by atoms with Crippen LogP contribution in [0.15, 0.2) is 51.7 Å². The van der Waals surface area contributed by atoms with Crippen LogP contribution in [-0.2, 0) is 4.79 Å². The van der Waals surface area contributed by atoms with E-state index in [9.17, 15) is 4.79 Å². The van der Waals surface area contributed by atoms with E-state index in [1.807, 2.05) is 54.2 Å². The van der Waals surface area contributed by atoms with Gasteiger partial charge in [-0.25, -0.2) is 0 Å². The number of piperidine rings is 1. The smallest absolute Gasteiger partial charge is 0.232 e. The molecule has 3 aromatic rings. The Kier molecular flexibility index (Phi) is 3.90. The Labute approximate surface area is 143 Å². The summed E-state index contributed by atoms with van der Waals surface area (Å²) >= 11 is 1.60. The third kappa shape index (κ3) is 2.63. The van der Waals surface area contributed by atoms with Gasteiger partial charge in [0.05, 0.1) is 12.0 Å². The Bertz CT molecular complexity index is 829. The summed E-state index contributed by atoms with van der Waals surface area (Å²) < 4.78 is 5.57. The molecule has 4 rings (SSSR count). The van der Waals surface area contributed by atoms with Crippen LogP contribution in [0.1, 0.15) is 36.3 Å². The minimum atomic E-state index is -0.0803. The Hall–Kier alpha value is -2.47. The molecule has 1 fully saturated rings. The maximum Gasteiger partial charge on any atom is 0.232 e. The first-order chi connectivity index (χ1) is 11.7. The molecule has 0 N–H and O–H groups in total. The first-order valence-corrected chi connectivity index (χ1v) is 8.85. The van der Waals surface area contributed by atoms with Crippen LogP contribution in [0.25, 0.3) is 11.4 Å². The Morgan fingerprint density at radius 2 is 2.08 bits per heavy atom. The van der Waals surface area contributed by atoms with Crippen molar-refractivity contribution in [3.63, 3.8) is 0 Å². The average molecular weight is 339 g/mol. The molecule has 2 aromatic heterocycles. The van der Waals surface area contributed by atoms with Gasteiger partial charge in [0.25, 0.3) is 0 Å². The van der Waals surface area contributed by atoms with Crippen molar-refractivity contribution in [2.24, 2.45) is 0 Å². The molecule has 24 heavy (non-hydrogen) atoms. The highest BCUT2D eigenvalue weighted by molar-refractivity contribution is 7.08. The van der Waals surface area contributed by atoms with E-state index in [0.717, 1.165) is 11.1 Å². The van der Waals surface area contributed by atoms with E-state index in [4.69, 9.17) is 4.52 Å². The predicted octanol–water partition coefficient (Wildman–Crippen LogP) is 3.88. The summed E-state index contributed by atoms with van der Waals surface area (Å²) in [6, 6.07) is 11.9. The molecule has 1 saturated heterocycles. The molecule has 0 aliphatic carbocycles. The molecule has 1 aliphatic heterocycles. The van der Waals surface area contributed by atoms with Gasteiger partial charge in [-0.05, 0) is 23.4 Å². The molecular formula is C18H17N3O2S. The molecule has 2 atom stereocenters. The Morgan fingerprint density at radius 1 is 1.25 bits per heavy atom. The van der Waals surface area contributed by atoms with Crippen LogP contribution in [0.5, 0.6) is 0 Å². The number of carbonyl (C=O) groups excluding carboxylic acids is 1. The fourth-order valence-corrected chi connectivity index (χ4v) is 3.93. The summed E-state index contributed by atoms with van der Waals surface area (Å²) in [6.45, 7) is 0. The quantitative estimate of drug-likeness (QED) is 0.727. The number of hydrogen-bond donors (Lipinski definition) is 0. The maximum absolute atomic E-state index is 12.2. The van der Waals surface area contributed by atoms with E-state index in [2.05, 4.69) is 10.1 Å². The van der Waals surface area contributed by atoms with Crippen LogP contribution in [0.2, 0.25) is 0 Å². The molecule has 0 saturated carbocycles. The number of aromatic nitrogens is 2. The van der Waals surface area contributed by atoms with Crippen molar-refractivity contribution in [3.8, 4) is 11.4 Å². The Morgan fingerprint density at radius 3 is 2.83 bits per heavy atom. The predicted molar refractivity (Wildman–Crippen MR) is 91.5 cm³/mol. The van der Waals surface area contributed by atoms with Gasteiger partial charge < -0.3 is 9.42 Å². The second-order valence-electron chi connectivity index (χ2n) is 5.97. The minimum absolute atomic E-state index is 0.00925. The molecule has 1 aliphatic rings.